The summed E-state index contributed by atoms with van der Waals surface area (Å²) in [6.45, 7) is 1.64. The van der Waals surface area contributed by atoms with E-state index in [1.807, 2.05) is 35.2 Å². The van der Waals surface area contributed by atoms with Crippen LogP contribution >= 0.6 is 0 Å². The van der Waals surface area contributed by atoms with Crippen molar-refractivity contribution in [2.75, 3.05) is 39.3 Å². The van der Waals surface area contributed by atoms with Gasteiger partial charge in [0.2, 0.25) is 10.0 Å². The first-order valence-corrected chi connectivity index (χ1v) is 13.0. The maximum atomic E-state index is 13.9. The Balaban J connectivity index is 1.36. The highest BCUT2D eigenvalue weighted by atomic mass is 32.2. The summed E-state index contributed by atoms with van der Waals surface area (Å²) in [5.41, 5.74) is 0.214. The van der Waals surface area contributed by atoms with Crippen LogP contribution < -0.4 is 0 Å². The molecule has 0 radical (unpaired) electrons. The third-order valence-corrected chi connectivity index (χ3v) is 8.07. The number of piperazine rings is 1. The van der Waals surface area contributed by atoms with Crippen LogP contribution in [0.1, 0.15) is 22.8 Å². The monoisotopic (exact) mass is 540 g/mol. The van der Waals surface area contributed by atoms with Crippen molar-refractivity contribution in [2.24, 2.45) is 0 Å². The summed E-state index contributed by atoms with van der Waals surface area (Å²) in [6.07, 6.45) is -5.26. The highest BCUT2D eigenvalue weighted by Crippen LogP contribution is 2.31. The van der Waals surface area contributed by atoms with Crippen molar-refractivity contribution in [3.8, 4) is 0 Å². The van der Waals surface area contributed by atoms with Crippen molar-refractivity contribution in [1.29, 1.82) is 0 Å². The van der Waals surface area contributed by atoms with Crippen LogP contribution in [0.2, 0.25) is 0 Å². The van der Waals surface area contributed by atoms with Crippen molar-refractivity contribution in [3.63, 3.8) is 0 Å². The van der Waals surface area contributed by atoms with Crippen LogP contribution in [0.5, 0.6) is 0 Å². The molecule has 1 fully saturated rings. The van der Waals surface area contributed by atoms with Gasteiger partial charge in [-0.25, -0.2) is 17.2 Å². The molecule has 0 spiro atoms. The third-order valence-electron chi connectivity index (χ3n) is 6.17. The number of hydrogen-bond donors (Lipinski definition) is 0. The van der Waals surface area contributed by atoms with Gasteiger partial charge in [-0.1, -0.05) is 42.5 Å². The lowest BCUT2D eigenvalue weighted by molar-refractivity contribution is -0.137. The highest BCUT2D eigenvalue weighted by Gasteiger charge is 2.34. The van der Waals surface area contributed by atoms with Crippen LogP contribution in [-0.2, 0) is 20.9 Å². The molecule has 11 heteroatoms. The van der Waals surface area contributed by atoms with Crippen molar-refractivity contribution >= 4 is 10.0 Å². The number of ether oxygens (including phenoxy) is 1. The van der Waals surface area contributed by atoms with Gasteiger partial charge >= 0.3 is 6.18 Å². The summed E-state index contributed by atoms with van der Waals surface area (Å²) in [4.78, 5) is 1.59. The maximum Gasteiger partial charge on any atom is 0.416 e. The van der Waals surface area contributed by atoms with Gasteiger partial charge in [0, 0.05) is 32.7 Å². The van der Waals surface area contributed by atoms with E-state index >= 15 is 0 Å². The van der Waals surface area contributed by atoms with Crippen LogP contribution in [0.15, 0.2) is 77.7 Å². The zero-order valence-corrected chi connectivity index (χ0v) is 20.5. The number of rotatable bonds is 8. The van der Waals surface area contributed by atoms with Crippen molar-refractivity contribution in [2.45, 2.75) is 17.2 Å². The standard InChI is InChI=1S/C26H25F5N2O3S/c27-23-10-9-20(17-24(23)28)25(19-5-2-1-3-6-19)36-16-15-32-11-13-33(14-12-32)37(34,35)22-8-4-7-21(18-22)26(29,30)31/h1-10,17-18,25H,11-16H2/t25-/m1/s1. The Labute approximate surface area is 212 Å². The van der Waals surface area contributed by atoms with Crippen molar-refractivity contribution < 1.29 is 35.1 Å². The molecule has 0 N–H and O–H groups in total. The Morgan fingerprint density at radius 1 is 0.811 bits per heavy atom. The van der Waals surface area contributed by atoms with E-state index in [2.05, 4.69) is 0 Å². The van der Waals surface area contributed by atoms with E-state index < -0.39 is 44.4 Å². The van der Waals surface area contributed by atoms with E-state index in [9.17, 15) is 30.4 Å². The Hall–Kier alpha value is -2.86. The average Bonchev–Trinajstić information content (AvgIpc) is 2.89. The van der Waals surface area contributed by atoms with Gasteiger partial charge in [0.05, 0.1) is 17.1 Å². The molecule has 0 bridgehead atoms. The minimum Gasteiger partial charge on any atom is -0.367 e. The number of hydrogen-bond acceptors (Lipinski definition) is 4. The molecule has 4 rings (SSSR count). The fourth-order valence-electron chi connectivity index (χ4n) is 4.16. The van der Waals surface area contributed by atoms with E-state index in [-0.39, 0.29) is 19.7 Å². The second-order valence-corrected chi connectivity index (χ2v) is 10.5. The zero-order chi connectivity index (χ0) is 26.6. The normalized spacial score (nSPS) is 16.6. The lowest BCUT2D eigenvalue weighted by atomic mass is 10.0. The lowest BCUT2D eigenvalue weighted by Gasteiger charge is -2.34. The third kappa shape index (κ3) is 6.53. The Morgan fingerprint density at radius 2 is 1.51 bits per heavy atom. The quantitative estimate of drug-likeness (QED) is 0.374. The largest absolute Gasteiger partial charge is 0.416 e. The summed E-state index contributed by atoms with van der Waals surface area (Å²) in [5, 5.41) is 0. The highest BCUT2D eigenvalue weighted by molar-refractivity contribution is 7.89. The molecule has 5 nitrogen and oxygen atoms in total. The molecule has 1 aliphatic heterocycles. The molecule has 0 unspecified atom stereocenters. The van der Waals surface area contributed by atoms with Crippen LogP contribution in [0, 0.1) is 11.6 Å². The smallest absolute Gasteiger partial charge is 0.367 e. The molecule has 1 saturated heterocycles. The number of alkyl halides is 3. The first-order chi connectivity index (χ1) is 17.6. The van der Waals surface area contributed by atoms with Gasteiger partial charge in [0.25, 0.3) is 0 Å². The fraction of sp³-hybridized carbons (Fsp3) is 0.308. The Morgan fingerprint density at radius 3 is 2.16 bits per heavy atom. The van der Waals surface area contributed by atoms with Gasteiger partial charge in [0.1, 0.15) is 6.10 Å². The van der Waals surface area contributed by atoms with Crippen LogP contribution in [0.25, 0.3) is 0 Å². The number of benzene rings is 3. The number of nitrogens with zero attached hydrogens (tertiary/aromatic N) is 2. The Kier molecular flexibility index (Phi) is 8.27. The van der Waals surface area contributed by atoms with Crippen molar-refractivity contribution in [1.82, 2.24) is 9.21 Å². The molecule has 1 aliphatic rings. The van der Waals surface area contributed by atoms with Gasteiger partial charge in [-0.05, 0) is 41.5 Å². The minimum absolute atomic E-state index is 0.115. The molecular weight excluding hydrogens is 515 g/mol. The molecule has 198 valence electrons. The average molecular weight is 541 g/mol. The predicted molar refractivity (Wildman–Crippen MR) is 127 cm³/mol. The van der Waals surface area contributed by atoms with Crippen LogP contribution in [0.4, 0.5) is 22.0 Å². The molecule has 1 heterocycles. The second-order valence-electron chi connectivity index (χ2n) is 8.61. The number of halogens is 5. The summed E-state index contributed by atoms with van der Waals surface area (Å²) in [7, 11) is -4.07. The number of sulfonamides is 1. The van der Waals surface area contributed by atoms with E-state index in [1.165, 1.54) is 10.4 Å². The van der Waals surface area contributed by atoms with E-state index in [1.54, 1.807) is 0 Å². The van der Waals surface area contributed by atoms with Gasteiger partial charge in [0.15, 0.2) is 11.6 Å². The molecule has 0 aliphatic carbocycles. The van der Waals surface area contributed by atoms with E-state index in [0.717, 1.165) is 35.9 Å². The molecule has 3 aromatic carbocycles. The maximum absolute atomic E-state index is 13.9. The first kappa shape index (κ1) is 27.2. The fourth-order valence-corrected chi connectivity index (χ4v) is 5.63. The molecular formula is C26H25F5N2O3S. The van der Waals surface area contributed by atoms with Crippen LogP contribution in [0.3, 0.4) is 0 Å². The summed E-state index contributed by atoms with van der Waals surface area (Å²) in [6, 6.07) is 16.5. The van der Waals surface area contributed by atoms with Crippen LogP contribution in [-0.4, -0.2) is 57.0 Å². The molecule has 0 saturated carbocycles. The van der Waals surface area contributed by atoms with E-state index in [0.29, 0.717) is 31.3 Å². The van der Waals surface area contributed by atoms with Gasteiger partial charge in [-0.15, -0.1) is 0 Å². The second kappa shape index (κ2) is 11.3. The van der Waals surface area contributed by atoms with E-state index in [4.69, 9.17) is 4.74 Å². The topological polar surface area (TPSA) is 49.9 Å². The molecule has 3 aromatic rings. The van der Waals surface area contributed by atoms with Gasteiger partial charge in [-0.3, -0.25) is 4.90 Å². The molecule has 0 aromatic heterocycles. The first-order valence-electron chi connectivity index (χ1n) is 11.6. The summed E-state index contributed by atoms with van der Waals surface area (Å²) < 4.78 is 99.4. The minimum atomic E-state index is -4.64. The predicted octanol–water partition coefficient (Wildman–Crippen LogP) is 5.10. The SMILES string of the molecule is O=S(=O)(c1cccc(C(F)(F)F)c1)N1CCN(CCO[C@H](c2ccccc2)c2ccc(F)c(F)c2)CC1. The van der Waals surface area contributed by atoms with Crippen molar-refractivity contribution in [3.05, 3.63) is 101 Å². The summed E-state index contributed by atoms with van der Waals surface area (Å²) in [5.74, 6) is -1.92. The molecule has 0 amide bonds. The zero-order valence-electron chi connectivity index (χ0n) is 19.7. The lowest BCUT2D eigenvalue weighted by Crippen LogP contribution is -2.49. The Bertz CT molecular complexity index is 1310. The molecule has 1 atom stereocenters. The van der Waals surface area contributed by atoms with Gasteiger partial charge in [-0.2, -0.15) is 17.5 Å². The molecule has 37 heavy (non-hydrogen) atoms. The van der Waals surface area contributed by atoms with Gasteiger partial charge < -0.3 is 4.74 Å². The summed E-state index contributed by atoms with van der Waals surface area (Å²) >= 11 is 0.